The summed E-state index contributed by atoms with van der Waals surface area (Å²) in [4.78, 5) is 16.6. The van der Waals surface area contributed by atoms with Crippen molar-refractivity contribution in [1.29, 1.82) is 0 Å². The van der Waals surface area contributed by atoms with Crippen LogP contribution in [-0.2, 0) is 6.54 Å². The molecule has 0 saturated heterocycles. The number of nitrogens with one attached hydrogen (secondary N) is 2. The zero-order chi connectivity index (χ0) is 21.5. The molecule has 1 atom stereocenters. The summed E-state index contributed by atoms with van der Waals surface area (Å²) in [6, 6.07) is 12.5. The van der Waals surface area contributed by atoms with Gasteiger partial charge in [0.25, 0.3) is 0 Å². The average molecular weight is 415 g/mol. The fourth-order valence-corrected chi connectivity index (χ4v) is 3.93. The van der Waals surface area contributed by atoms with Crippen LogP contribution in [0.25, 0.3) is 16.7 Å². The predicted molar refractivity (Wildman–Crippen MR) is 123 cm³/mol. The SMILES string of the molecule is CC1=NNC2C(NC(C)C)=NC(c3nc4ccc(C)cc4n3Cc3ccccn3)=CN12. The summed E-state index contributed by atoms with van der Waals surface area (Å²) >= 11 is 0. The molecule has 4 heterocycles. The Labute approximate surface area is 181 Å². The number of nitrogens with zero attached hydrogens (tertiary/aromatic N) is 6. The first-order valence-corrected chi connectivity index (χ1v) is 10.5. The van der Waals surface area contributed by atoms with Gasteiger partial charge in [-0.05, 0) is 57.5 Å². The largest absolute Gasteiger partial charge is 0.368 e. The van der Waals surface area contributed by atoms with Gasteiger partial charge < -0.3 is 14.8 Å². The number of aromatic nitrogens is 3. The zero-order valence-electron chi connectivity index (χ0n) is 18.2. The van der Waals surface area contributed by atoms with Crippen LogP contribution in [-0.4, -0.2) is 43.3 Å². The van der Waals surface area contributed by atoms with E-state index < -0.39 is 0 Å². The fraction of sp³-hybridized carbons (Fsp3) is 0.304. The Bertz CT molecular complexity index is 1220. The summed E-state index contributed by atoms with van der Waals surface area (Å²) in [7, 11) is 0. The number of hydrazone groups is 1. The van der Waals surface area contributed by atoms with Crippen LogP contribution in [0.1, 0.15) is 37.9 Å². The van der Waals surface area contributed by atoms with Gasteiger partial charge in [0.15, 0.2) is 12.0 Å². The monoisotopic (exact) mass is 414 g/mol. The lowest BCUT2D eigenvalue weighted by molar-refractivity contribution is 0.452. The van der Waals surface area contributed by atoms with Gasteiger partial charge in [-0.15, -0.1) is 0 Å². The second-order valence-corrected chi connectivity index (χ2v) is 8.24. The first-order chi connectivity index (χ1) is 15.0. The second kappa shape index (κ2) is 7.54. The molecular formula is C23H26N8. The summed E-state index contributed by atoms with van der Waals surface area (Å²) in [5.74, 6) is 2.54. The summed E-state index contributed by atoms with van der Waals surface area (Å²) in [5.41, 5.74) is 8.14. The lowest BCUT2D eigenvalue weighted by Gasteiger charge is -2.30. The third-order valence-corrected chi connectivity index (χ3v) is 5.38. The first kappa shape index (κ1) is 19.3. The Kier molecular flexibility index (Phi) is 4.69. The van der Waals surface area contributed by atoms with Crippen LogP contribution in [0.15, 0.2) is 58.9 Å². The molecule has 0 aliphatic carbocycles. The molecule has 1 aromatic carbocycles. The highest BCUT2D eigenvalue weighted by Crippen LogP contribution is 2.28. The van der Waals surface area contributed by atoms with Crippen molar-refractivity contribution in [2.45, 2.75) is 46.4 Å². The number of aliphatic imine (C=N–C) groups is 1. The van der Waals surface area contributed by atoms with E-state index in [-0.39, 0.29) is 12.2 Å². The Balaban J connectivity index is 1.66. The molecule has 2 aliphatic rings. The molecule has 2 aliphatic heterocycles. The van der Waals surface area contributed by atoms with Crippen molar-refractivity contribution in [2.24, 2.45) is 10.1 Å². The van der Waals surface area contributed by atoms with E-state index in [9.17, 15) is 0 Å². The number of amidine groups is 2. The highest BCUT2D eigenvalue weighted by molar-refractivity contribution is 6.00. The third-order valence-electron chi connectivity index (χ3n) is 5.38. The van der Waals surface area contributed by atoms with Crippen molar-refractivity contribution >= 4 is 28.4 Å². The van der Waals surface area contributed by atoms with Crippen LogP contribution in [0.3, 0.4) is 0 Å². The maximum absolute atomic E-state index is 4.97. The molecule has 5 rings (SSSR count). The molecule has 31 heavy (non-hydrogen) atoms. The smallest absolute Gasteiger partial charge is 0.178 e. The Morgan fingerprint density at radius 1 is 1.16 bits per heavy atom. The molecule has 8 heteroatoms. The molecule has 0 amide bonds. The van der Waals surface area contributed by atoms with Crippen molar-refractivity contribution < 1.29 is 0 Å². The Morgan fingerprint density at radius 3 is 2.81 bits per heavy atom. The molecule has 0 fully saturated rings. The zero-order valence-corrected chi connectivity index (χ0v) is 18.2. The summed E-state index contributed by atoms with van der Waals surface area (Å²) in [5, 5.41) is 7.87. The second-order valence-electron chi connectivity index (χ2n) is 8.24. The van der Waals surface area contributed by atoms with E-state index in [1.54, 1.807) is 0 Å². The van der Waals surface area contributed by atoms with E-state index in [2.05, 4.69) is 69.3 Å². The van der Waals surface area contributed by atoms with Gasteiger partial charge in [0.2, 0.25) is 0 Å². The van der Waals surface area contributed by atoms with Crippen LogP contribution < -0.4 is 10.7 Å². The van der Waals surface area contributed by atoms with E-state index in [4.69, 9.17) is 9.98 Å². The number of pyridine rings is 1. The maximum Gasteiger partial charge on any atom is 0.178 e. The third kappa shape index (κ3) is 3.54. The van der Waals surface area contributed by atoms with Crippen LogP contribution in [0, 0.1) is 6.92 Å². The number of hydrogen-bond donors (Lipinski definition) is 2. The minimum Gasteiger partial charge on any atom is -0.368 e. The molecule has 0 spiro atoms. The highest BCUT2D eigenvalue weighted by Gasteiger charge is 2.33. The van der Waals surface area contributed by atoms with Crippen LogP contribution in [0.4, 0.5) is 0 Å². The molecular weight excluding hydrogens is 388 g/mol. The number of rotatable bonds is 4. The lowest BCUT2D eigenvalue weighted by atomic mass is 10.2. The molecule has 2 N–H and O–H groups in total. The van der Waals surface area contributed by atoms with Gasteiger partial charge in [-0.25, -0.2) is 9.98 Å². The number of hydrogen-bond acceptors (Lipinski definition) is 7. The van der Waals surface area contributed by atoms with Crippen molar-refractivity contribution in [3.8, 4) is 0 Å². The van der Waals surface area contributed by atoms with E-state index in [1.165, 1.54) is 5.56 Å². The molecule has 158 valence electrons. The van der Waals surface area contributed by atoms with Crippen LogP contribution in [0.2, 0.25) is 0 Å². The molecule has 2 aromatic heterocycles. The number of imidazole rings is 1. The highest BCUT2D eigenvalue weighted by atomic mass is 15.5. The van der Waals surface area contributed by atoms with Gasteiger partial charge >= 0.3 is 0 Å². The minimum atomic E-state index is -0.123. The maximum atomic E-state index is 4.97. The average Bonchev–Trinajstić information content (AvgIpc) is 3.29. The normalized spacial score (nSPS) is 17.9. The van der Waals surface area contributed by atoms with Crippen LogP contribution in [0.5, 0.6) is 0 Å². The molecule has 0 saturated carbocycles. The molecule has 8 nitrogen and oxygen atoms in total. The molecule has 1 unspecified atom stereocenters. The van der Waals surface area contributed by atoms with Gasteiger partial charge in [0.05, 0.1) is 23.3 Å². The van der Waals surface area contributed by atoms with Crippen molar-refractivity contribution in [1.82, 2.24) is 30.2 Å². The minimum absolute atomic E-state index is 0.123. The molecule has 3 aromatic rings. The summed E-state index contributed by atoms with van der Waals surface area (Å²) in [6.45, 7) is 8.91. The van der Waals surface area contributed by atoms with Gasteiger partial charge in [0.1, 0.15) is 17.4 Å². The number of aryl methyl sites for hydroxylation is 1. The lowest BCUT2D eigenvalue weighted by Crippen LogP contribution is -2.52. The predicted octanol–water partition coefficient (Wildman–Crippen LogP) is 3.06. The van der Waals surface area contributed by atoms with Crippen LogP contribution >= 0.6 is 0 Å². The first-order valence-electron chi connectivity index (χ1n) is 10.5. The van der Waals surface area contributed by atoms with Crippen molar-refractivity contribution in [3.05, 3.63) is 65.9 Å². The molecule has 0 radical (unpaired) electrons. The number of benzene rings is 1. The van der Waals surface area contributed by atoms with E-state index in [0.717, 1.165) is 39.9 Å². The Hall–Kier alpha value is -3.68. The van der Waals surface area contributed by atoms with E-state index >= 15 is 0 Å². The van der Waals surface area contributed by atoms with Gasteiger partial charge in [0, 0.05) is 18.4 Å². The van der Waals surface area contributed by atoms with E-state index in [0.29, 0.717) is 6.54 Å². The van der Waals surface area contributed by atoms with Gasteiger partial charge in [-0.2, -0.15) is 5.10 Å². The van der Waals surface area contributed by atoms with E-state index in [1.807, 2.05) is 37.5 Å². The quantitative estimate of drug-likeness (QED) is 0.686. The summed E-state index contributed by atoms with van der Waals surface area (Å²) < 4.78 is 2.20. The number of fused-ring (bicyclic) bond motifs is 2. The topological polar surface area (TPSA) is 82.7 Å². The van der Waals surface area contributed by atoms with Crippen molar-refractivity contribution in [3.63, 3.8) is 0 Å². The van der Waals surface area contributed by atoms with Gasteiger partial charge in [-0.1, -0.05) is 12.1 Å². The Morgan fingerprint density at radius 2 is 2.03 bits per heavy atom. The standard InChI is InChI=1S/C23H26N8/c1-14(2)25-21-23-29-28-16(4)30(23)13-19(26-21)22-27-18-9-8-15(3)11-20(18)31(22)12-17-7-5-6-10-24-17/h5-11,13-14,23,29H,12H2,1-4H3,(H,25,26). The molecule has 0 bridgehead atoms. The van der Waals surface area contributed by atoms with Crippen molar-refractivity contribution in [2.75, 3.05) is 0 Å². The summed E-state index contributed by atoms with van der Waals surface area (Å²) in [6.07, 6.45) is 3.72. The van der Waals surface area contributed by atoms with Gasteiger partial charge in [-0.3, -0.25) is 10.4 Å². The fourth-order valence-electron chi connectivity index (χ4n) is 3.93.